The van der Waals surface area contributed by atoms with Gasteiger partial charge < -0.3 is 0 Å². The van der Waals surface area contributed by atoms with Gasteiger partial charge in [-0.3, -0.25) is 4.79 Å². The van der Waals surface area contributed by atoms with Crippen LogP contribution in [0.5, 0.6) is 0 Å². The zero-order valence-electron chi connectivity index (χ0n) is 8.84. The molecule has 5 heteroatoms. The largest absolute Gasteiger partial charge is 0.294 e. The third-order valence-electron chi connectivity index (χ3n) is 1.17. The summed E-state index contributed by atoms with van der Waals surface area (Å²) in [5.41, 5.74) is -0.0304. The Hall–Kier alpha value is -0.670. The summed E-state index contributed by atoms with van der Waals surface area (Å²) in [6, 6.07) is 0. The molecule has 0 aromatic carbocycles. The Balaban J connectivity index is 2.92. The molecule has 0 spiro atoms. The summed E-state index contributed by atoms with van der Waals surface area (Å²) in [4.78, 5) is 18.5. The SMILES string of the molecule is [2H]C([2H])([2H])CC(=O)c1cnc(Cl)nc1Cl. The predicted octanol–water partition coefficient (Wildman–Crippen LogP) is 2.38. The molecule has 0 fully saturated rings. The lowest BCUT2D eigenvalue weighted by atomic mass is 10.2. The second-order valence-electron chi connectivity index (χ2n) is 1.94. The number of ketones is 1. The summed E-state index contributed by atoms with van der Waals surface area (Å²) in [6.07, 6.45) is 0.517. The molecule has 0 unspecified atom stereocenters. The molecule has 0 saturated heterocycles. The Bertz CT molecular complexity index is 394. The van der Waals surface area contributed by atoms with E-state index in [9.17, 15) is 4.79 Å². The molecule has 1 heterocycles. The fourth-order valence-corrected chi connectivity index (χ4v) is 1.03. The predicted molar refractivity (Wildman–Crippen MR) is 46.7 cm³/mol. The summed E-state index contributed by atoms with van der Waals surface area (Å²) >= 11 is 11.0. The number of hydrogen-bond acceptors (Lipinski definition) is 3. The molecule has 12 heavy (non-hydrogen) atoms. The maximum Gasteiger partial charge on any atom is 0.223 e. The summed E-state index contributed by atoms with van der Waals surface area (Å²) < 4.78 is 20.8. The molecule has 0 aliphatic rings. The van der Waals surface area contributed by atoms with Crippen LogP contribution in [-0.4, -0.2) is 15.8 Å². The number of carbonyl (C=O) groups is 1. The molecule has 0 amide bonds. The molecular weight excluding hydrogens is 199 g/mol. The van der Waals surface area contributed by atoms with Gasteiger partial charge in [-0.25, -0.2) is 9.97 Å². The molecule has 0 radical (unpaired) electrons. The maximum atomic E-state index is 11.4. The van der Waals surface area contributed by atoms with Crippen LogP contribution in [0, 0.1) is 0 Å². The third-order valence-corrected chi connectivity index (χ3v) is 1.64. The van der Waals surface area contributed by atoms with E-state index < -0.39 is 19.1 Å². The Kier molecular flexibility index (Phi) is 1.88. The topological polar surface area (TPSA) is 42.9 Å². The van der Waals surface area contributed by atoms with Crippen LogP contribution < -0.4 is 0 Å². The fourth-order valence-electron chi connectivity index (χ4n) is 0.623. The van der Waals surface area contributed by atoms with Gasteiger partial charge in [0.2, 0.25) is 5.28 Å². The van der Waals surface area contributed by atoms with Crippen LogP contribution in [-0.2, 0) is 0 Å². The second-order valence-corrected chi connectivity index (χ2v) is 2.64. The molecule has 1 aromatic heterocycles. The van der Waals surface area contributed by atoms with Crippen LogP contribution >= 0.6 is 23.2 Å². The number of halogens is 2. The smallest absolute Gasteiger partial charge is 0.223 e. The second kappa shape index (κ2) is 3.83. The molecule has 0 N–H and O–H groups in total. The summed E-state index contributed by atoms with van der Waals surface area (Å²) in [5.74, 6) is -0.628. The minimum atomic E-state index is -2.33. The molecule has 1 rings (SSSR count). The standard InChI is InChI=1S/C7H6Cl2N2O/c1-2-5(12)4-3-10-7(9)11-6(4)8/h3H,2H2,1H3/i1D3. The Morgan fingerprint density at radius 1 is 1.75 bits per heavy atom. The highest BCUT2D eigenvalue weighted by atomic mass is 35.5. The number of hydrogen-bond donors (Lipinski definition) is 0. The highest BCUT2D eigenvalue weighted by molar-refractivity contribution is 6.34. The van der Waals surface area contributed by atoms with E-state index in [4.69, 9.17) is 27.3 Å². The van der Waals surface area contributed by atoms with Crippen molar-refractivity contribution in [3.63, 3.8) is 0 Å². The first kappa shape index (κ1) is 5.89. The lowest BCUT2D eigenvalue weighted by Crippen LogP contribution is -2.00. The Morgan fingerprint density at radius 2 is 2.50 bits per heavy atom. The van der Waals surface area contributed by atoms with Gasteiger partial charge in [-0.05, 0) is 11.6 Å². The molecule has 0 atom stereocenters. The van der Waals surface area contributed by atoms with E-state index in [0.29, 0.717) is 0 Å². The third kappa shape index (κ3) is 1.93. The highest BCUT2D eigenvalue weighted by Gasteiger charge is 2.10. The number of aromatic nitrogens is 2. The summed E-state index contributed by atoms with van der Waals surface area (Å²) in [7, 11) is 0. The molecule has 3 nitrogen and oxygen atoms in total. The van der Waals surface area contributed by atoms with E-state index in [0.717, 1.165) is 6.20 Å². The van der Waals surface area contributed by atoms with Gasteiger partial charge in [0, 0.05) is 16.7 Å². The van der Waals surface area contributed by atoms with Crippen molar-refractivity contribution in [1.29, 1.82) is 0 Å². The van der Waals surface area contributed by atoms with Crippen LogP contribution in [0.2, 0.25) is 10.4 Å². The molecule has 0 bridgehead atoms. The Labute approximate surface area is 83.9 Å². The zero-order valence-corrected chi connectivity index (χ0v) is 7.35. The van der Waals surface area contributed by atoms with Gasteiger partial charge in [-0.1, -0.05) is 18.5 Å². The van der Waals surface area contributed by atoms with Crippen LogP contribution in [0.25, 0.3) is 0 Å². The van der Waals surface area contributed by atoms with E-state index in [1.807, 2.05) is 0 Å². The van der Waals surface area contributed by atoms with Crippen molar-refractivity contribution in [3.05, 3.63) is 22.2 Å². The number of carbonyl (C=O) groups excluding carboxylic acids is 1. The number of nitrogens with zero attached hydrogens (tertiary/aromatic N) is 2. The fraction of sp³-hybridized carbons (Fsp3) is 0.286. The van der Waals surface area contributed by atoms with E-state index in [-0.39, 0.29) is 16.0 Å². The lowest BCUT2D eigenvalue weighted by molar-refractivity contribution is 0.0987. The van der Waals surface area contributed by atoms with E-state index >= 15 is 0 Å². The number of rotatable bonds is 2. The van der Waals surface area contributed by atoms with Crippen molar-refractivity contribution in [1.82, 2.24) is 9.97 Å². The van der Waals surface area contributed by atoms with Crippen LogP contribution in [0.4, 0.5) is 0 Å². The van der Waals surface area contributed by atoms with Crippen molar-refractivity contribution >= 4 is 29.0 Å². The first-order valence-corrected chi connectivity index (χ1v) is 3.76. The van der Waals surface area contributed by atoms with Gasteiger partial charge in [-0.2, -0.15) is 0 Å². The van der Waals surface area contributed by atoms with Crippen molar-refractivity contribution in [2.24, 2.45) is 0 Å². The summed E-state index contributed by atoms with van der Waals surface area (Å²) in [6.45, 7) is -2.33. The normalized spacial score (nSPS) is 14.7. The van der Waals surface area contributed by atoms with Crippen molar-refractivity contribution in [3.8, 4) is 0 Å². The minimum Gasteiger partial charge on any atom is -0.294 e. The van der Waals surface area contributed by atoms with Crippen molar-refractivity contribution in [2.45, 2.75) is 13.3 Å². The van der Waals surface area contributed by atoms with Gasteiger partial charge >= 0.3 is 0 Å². The monoisotopic (exact) mass is 207 g/mol. The Morgan fingerprint density at radius 3 is 3.08 bits per heavy atom. The van der Waals surface area contributed by atoms with Gasteiger partial charge in [0.05, 0.1) is 5.56 Å². The van der Waals surface area contributed by atoms with Crippen molar-refractivity contribution in [2.75, 3.05) is 0 Å². The maximum absolute atomic E-state index is 11.4. The average molecular weight is 208 g/mol. The molecule has 0 aliphatic carbocycles. The van der Waals surface area contributed by atoms with E-state index in [1.165, 1.54) is 0 Å². The van der Waals surface area contributed by atoms with Gasteiger partial charge in [0.25, 0.3) is 0 Å². The molecule has 0 aliphatic heterocycles. The first-order valence-electron chi connectivity index (χ1n) is 4.51. The molecule has 1 aromatic rings. The lowest BCUT2D eigenvalue weighted by Gasteiger charge is -1.98. The minimum absolute atomic E-state index is 0.0304. The van der Waals surface area contributed by atoms with Gasteiger partial charge in [-0.15, -0.1) is 0 Å². The van der Waals surface area contributed by atoms with Gasteiger partial charge in [0.15, 0.2) is 5.78 Å². The highest BCUT2D eigenvalue weighted by Crippen LogP contribution is 2.15. The average Bonchev–Trinajstić information content (AvgIpc) is 1.99. The molecule has 0 saturated carbocycles. The molecule has 64 valence electrons. The van der Waals surface area contributed by atoms with Crippen LogP contribution in [0.3, 0.4) is 0 Å². The number of Topliss-reactive ketones (excluding diaryl/α,β-unsaturated/α-hetero) is 1. The van der Waals surface area contributed by atoms with Crippen molar-refractivity contribution < 1.29 is 8.91 Å². The van der Waals surface area contributed by atoms with Crippen LogP contribution in [0.15, 0.2) is 6.20 Å². The van der Waals surface area contributed by atoms with E-state index in [1.54, 1.807) is 0 Å². The quantitative estimate of drug-likeness (QED) is 0.425. The summed E-state index contributed by atoms with van der Waals surface area (Å²) in [5, 5.41) is -0.227. The zero-order chi connectivity index (χ0) is 11.6. The molecular formula is C7H6Cl2N2O. The van der Waals surface area contributed by atoms with Crippen LogP contribution in [0.1, 0.15) is 27.7 Å². The van der Waals surface area contributed by atoms with Gasteiger partial charge in [0.1, 0.15) is 5.15 Å². The first-order chi connectivity index (χ1) is 6.79. The van der Waals surface area contributed by atoms with E-state index in [2.05, 4.69) is 9.97 Å².